The van der Waals surface area contributed by atoms with Crippen molar-refractivity contribution in [3.05, 3.63) is 79.7 Å². The summed E-state index contributed by atoms with van der Waals surface area (Å²) in [5.74, 6) is -2.55. The summed E-state index contributed by atoms with van der Waals surface area (Å²) in [6.45, 7) is 1.80. The van der Waals surface area contributed by atoms with E-state index >= 15 is 0 Å². The Morgan fingerprint density at radius 2 is 1.98 bits per heavy atom. The van der Waals surface area contributed by atoms with Gasteiger partial charge in [0.25, 0.3) is 0 Å². The highest BCUT2D eigenvalue weighted by Crippen LogP contribution is 2.44. The molecule has 212 valence electrons. The van der Waals surface area contributed by atoms with E-state index in [1.165, 1.54) is 22.1 Å². The molecule has 3 heterocycles. The number of allylic oxidation sites excluding steroid dienone is 1. The fourth-order valence-corrected chi connectivity index (χ4v) is 6.21. The van der Waals surface area contributed by atoms with Gasteiger partial charge in [-0.1, -0.05) is 17.7 Å². The molecule has 3 aromatic rings. The minimum Gasteiger partial charge on any atom is -0.463 e. The van der Waals surface area contributed by atoms with E-state index in [0.717, 1.165) is 24.6 Å². The number of nitrogens with zero attached hydrogens (tertiary/aromatic N) is 4. The molecule has 0 radical (unpaired) electrons. The average molecular weight is 592 g/mol. The molecule has 2 aliphatic rings. The third-order valence-corrected chi connectivity index (χ3v) is 8.48. The lowest BCUT2D eigenvalue weighted by Crippen LogP contribution is -2.38. The summed E-state index contributed by atoms with van der Waals surface area (Å²) < 4.78 is 35.4. The molecule has 1 saturated carbocycles. The van der Waals surface area contributed by atoms with Gasteiger partial charge in [-0.05, 0) is 50.7 Å². The highest BCUT2D eigenvalue weighted by atomic mass is 35.5. The maximum atomic E-state index is 14.6. The molecule has 2 aromatic heterocycles. The Morgan fingerprint density at radius 3 is 2.60 bits per heavy atom. The maximum absolute atomic E-state index is 14.6. The van der Waals surface area contributed by atoms with E-state index in [-0.39, 0.29) is 29.6 Å². The van der Waals surface area contributed by atoms with Crippen LogP contribution in [-0.4, -0.2) is 43.4 Å². The van der Waals surface area contributed by atoms with Crippen LogP contribution in [0, 0.1) is 17.6 Å². The van der Waals surface area contributed by atoms with Crippen LogP contribution < -0.4 is 5.32 Å². The van der Waals surface area contributed by atoms with Crippen LogP contribution in [0.15, 0.2) is 46.0 Å². The number of ether oxygens (including phenoxy) is 1. The van der Waals surface area contributed by atoms with Crippen molar-refractivity contribution in [3.8, 4) is 0 Å². The number of nitrogens with one attached hydrogen (secondary N) is 1. The van der Waals surface area contributed by atoms with Crippen molar-refractivity contribution >= 4 is 34.7 Å². The summed E-state index contributed by atoms with van der Waals surface area (Å²) in [5.41, 5.74) is 2.03. The lowest BCUT2D eigenvalue weighted by atomic mass is 9.77. The Labute approximate surface area is 238 Å². The van der Waals surface area contributed by atoms with Gasteiger partial charge in [0.05, 0.1) is 28.6 Å². The van der Waals surface area contributed by atoms with Gasteiger partial charge in [0.15, 0.2) is 28.8 Å². The van der Waals surface area contributed by atoms with Gasteiger partial charge < -0.3 is 20.3 Å². The van der Waals surface area contributed by atoms with Crippen molar-refractivity contribution in [2.45, 2.75) is 50.9 Å². The minimum absolute atomic E-state index is 0.0914. The Bertz CT molecular complexity index is 1470. The molecule has 0 saturated heterocycles. The van der Waals surface area contributed by atoms with Gasteiger partial charge in [0.2, 0.25) is 0 Å². The number of aromatic nitrogens is 3. The number of aliphatic hydroxyl groups excluding tert-OH is 1. The standard InChI is InChI=1S/C27H28ClF2N5O4S/c1-3-39-27(38)19-22(14-6-4-13(5-7-14)17-12-18(26(36)37)35(2)34-17)32-24(25-31-10-11-40-25)33-23(19)15-8-9-16(29)21(30)20(15)28/h8-14,23,26,36-37H,3-7H2,1-2H3,(H,32,33)/t13-,14-,23?. The quantitative estimate of drug-likeness (QED) is 0.207. The number of carbonyl (C=O) groups is 1. The molecule has 40 heavy (non-hydrogen) atoms. The van der Waals surface area contributed by atoms with E-state index in [9.17, 15) is 23.8 Å². The van der Waals surface area contributed by atoms with E-state index < -0.39 is 35.0 Å². The SMILES string of the molecule is CCOC(=O)C1=C([C@H]2CC[C@H](c3cc(C(O)O)n(C)n3)CC2)NC(c2nccs2)=NC1c1ccc(F)c(F)c1Cl. The highest BCUT2D eigenvalue weighted by molar-refractivity contribution is 7.11. The van der Waals surface area contributed by atoms with Crippen LogP contribution in [0.5, 0.6) is 0 Å². The molecule has 1 unspecified atom stereocenters. The molecule has 13 heteroatoms. The van der Waals surface area contributed by atoms with Crippen LogP contribution in [0.2, 0.25) is 5.02 Å². The smallest absolute Gasteiger partial charge is 0.338 e. The van der Waals surface area contributed by atoms with E-state index in [1.54, 1.807) is 31.6 Å². The maximum Gasteiger partial charge on any atom is 0.338 e. The molecule has 1 aliphatic carbocycles. The number of hydrogen-bond donors (Lipinski definition) is 3. The summed E-state index contributed by atoms with van der Waals surface area (Å²) >= 11 is 7.62. The van der Waals surface area contributed by atoms with Crippen molar-refractivity contribution < 1.29 is 28.5 Å². The molecule has 1 atom stereocenters. The van der Waals surface area contributed by atoms with Crippen molar-refractivity contribution in [1.82, 2.24) is 20.1 Å². The van der Waals surface area contributed by atoms with Crippen LogP contribution in [0.3, 0.4) is 0 Å². The zero-order valence-corrected chi connectivity index (χ0v) is 23.3. The predicted molar refractivity (Wildman–Crippen MR) is 145 cm³/mol. The van der Waals surface area contributed by atoms with Crippen molar-refractivity contribution in [2.75, 3.05) is 6.61 Å². The largest absolute Gasteiger partial charge is 0.463 e. The van der Waals surface area contributed by atoms with Gasteiger partial charge in [0.1, 0.15) is 6.04 Å². The highest BCUT2D eigenvalue weighted by Gasteiger charge is 2.39. The number of esters is 1. The van der Waals surface area contributed by atoms with Gasteiger partial charge in [-0.3, -0.25) is 9.67 Å². The van der Waals surface area contributed by atoms with Gasteiger partial charge in [0, 0.05) is 35.8 Å². The Hall–Kier alpha value is -3.19. The van der Waals surface area contributed by atoms with Crippen LogP contribution in [0.1, 0.15) is 72.8 Å². The van der Waals surface area contributed by atoms with Crippen LogP contribution >= 0.6 is 22.9 Å². The number of thiazole rings is 1. The molecule has 1 aromatic carbocycles. The van der Waals surface area contributed by atoms with Crippen molar-refractivity contribution in [1.29, 1.82) is 0 Å². The monoisotopic (exact) mass is 591 g/mol. The molecule has 9 nitrogen and oxygen atoms in total. The van der Waals surface area contributed by atoms with Gasteiger partial charge in [-0.15, -0.1) is 11.3 Å². The molecule has 3 N–H and O–H groups in total. The van der Waals surface area contributed by atoms with E-state index in [4.69, 9.17) is 21.3 Å². The van der Waals surface area contributed by atoms with Crippen LogP contribution in [0.4, 0.5) is 8.78 Å². The fraction of sp³-hybridized carbons (Fsp3) is 0.407. The fourth-order valence-electron chi connectivity index (χ4n) is 5.37. The summed E-state index contributed by atoms with van der Waals surface area (Å²) in [7, 11) is 1.66. The molecule has 0 spiro atoms. The first-order valence-electron chi connectivity index (χ1n) is 12.9. The zero-order chi connectivity index (χ0) is 28.6. The number of benzene rings is 1. The number of hydrogen-bond acceptors (Lipinski definition) is 9. The van der Waals surface area contributed by atoms with Crippen molar-refractivity contribution in [3.63, 3.8) is 0 Å². The Balaban J connectivity index is 1.54. The molecular formula is C27H28ClF2N5O4S. The zero-order valence-electron chi connectivity index (χ0n) is 21.8. The molecule has 0 bridgehead atoms. The summed E-state index contributed by atoms with van der Waals surface area (Å²) in [6.07, 6.45) is 2.81. The van der Waals surface area contributed by atoms with E-state index in [0.29, 0.717) is 35.1 Å². The number of halogens is 3. The van der Waals surface area contributed by atoms with Gasteiger partial charge in [-0.2, -0.15) is 5.10 Å². The second-order valence-corrected chi connectivity index (χ2v) is 11.0. The third-order valence-electron chi connectivity index (χ3n) is 7.32. The second-order valence-electron chi connectivity index (χ2n) is 9.69. The number of amidine groups is 1. The molecule has 5 rings (SSSR count). The topological polar surface area (TPSA) is 122 Å². The lowest BCUT2D eigenvalue weighted by molar-refractivity contribution is -0.139. The van der Waals surface area contributed by atoms with E-state index in [2.05, 4.69) is 15.4 Å². The molecular weight excluding hydrogens is 564 g/mol. The lowest BCUT2D eigenvalue weighted by Gasteiger charge is -2.35. The van der Waals surface area contributed by atoms with Gasteiger partial charge in [-0.25, -0.2) is 18.6 Å². The first-order chi connectivity index (χ1) is 19.2. The number of carbonyl (C=O) groups excluding carboxylic acids is 1. The van der Waals surface area contributed by atoms with Crippen LogP contribution in [-0.2, 0) is 16.6 Å². The second kappa shape index (κ2) is 11.7. The Morgan fingerprint density at radius 1 is 1.25 bits per heavy atom. The van der Waals surface area contributed by atoms with Gasteiger partial charge >= 0.3 is 5.97 Å². The van der Waals surface area contributed by atoms with Crippen LogP contribution in [0.25, 0.3) is 0 Å². The Kier molecular flexibility index (Phi) is 8.31. The number of aliphatic hydroxyl groups is 2. The third kappa shape index (κ3) is 5.40. The summed E-state index contributed by atoms with van der Waals surface area (Å²) in [4.78, 5) is 22.5. The van der Waals surface area contributed by atoms with Crippen molar-refractivity contribution in [2.24, 2.45) is 18.0 Å². The molecule has 1 fully saturated rings. The minimum atomic E-state index is -1.62. The normalized spacial score (nSPS) is 21.4. The molecule has 0 amide bonds. The number of aliphatic imine (C=N–C) groups is 1. The first-order valence-corrected chi connectivity index (χ1v) is 14.1. The predicted octanol–water partition coefficient (Wildman–Crippen LogP) is 4.67. The first kappa shape index (κ1) is 28.3. The average Bonchev–Trinajstić information content (AvgIpc) is 3.62. The van der Waals surface area contributed by atoms with E-state index in [1.807, 2.05) is 0 Å². The number of aryl methyl sites for hydroxylation is 1. The number of rotatable bonds is 7. The summed E-state index contributed by atoms with van der Waals surface area (Å²) in [5, 5.41) is 28.9. The summed E-state index contributed by atoms with van der Waals surface area (Å²) in [6, 6.07) is 2.96. The molecule has 1 aliphatic heterocycles.